The minimum atomic E-state index is 0.222. The lowest BCUT2D eigenvalue weighted by Gasteiger charge is -2.11. The van der Waals surface area contributed by atoms with Crippen LogP contribution >= 0.6 is 11.8 Å². The van der Waals surface area contributed by atoms with Gasteiger partial charge in [-0.05, 0) is 12.7 Å². The van der Waals surface area contributed by atoms with Gasteiger partial charge in [0.05, 0.1) is 18.5 Å². The highest BCUT2D eigenvalue weighted by atomic mass is 32.2. The molecule has 0 aromatic heterocycles. The summed E-state index contributed by atoms with van der Waals surface area (Å²) in [6.07, 6.45) is 21.5. The maximum atomic E-state index is 9.05. The maximum Gasteiger partial charge on any atom is 0.0607 e. The van der Waals surface area contributed by atoms with Crippen LogP contribution in [0.15, 0.2) is 0 Å². The van der Waals surface area contributed by atoms with Crippen molar-refractivity contribution >= 4 is 11.8 Å². The number of aliphatic hydroxyl groups is 1. The Labute approximate surface area is 150 Å². The van der Waals surface area contributed by atoms with Crippen LogP contribution in [0.3, 0.4) is 0 Å². The second-order valence-electron chi connectivity index (χ2n) is 6.71. The highest BCUT2D eigenvalue weighted by Gasteiger charge is 2.04. The average Bonchev–Trinajstić information content (AvgIpc) is 2.58. The molecule has 0 spiro atoms. The van der Waals surface area contributed by atoms with Crippen LogP contribution in [0, 0.1) is 0 Å². The fraction of sp³-hybridized carbons (Fsp3) is 1.00. The number of aliphatic hydroxyl groups excluding tert-OH is 1. The van der Waals surface area contributed by atoms with E-state index in [1.54, 1.807) is 11.8 Å². The zero-order chi connectivity index (χ0) is 17.0. The predicted molar refractivity (Wildman–Crippen MR) is 106 cm³/mol. The van der Waals surface area contributed by atoms with Gasteiger partial charge < -0.3 is 9.84 Å². The highest BCUT2D eigenvalue weighted by Crippen LogP contribution is 2.13. The fourth-order valence-corrected chi connectivity index (χ4v) is 3.19. The first-order chi connectivity index (χ1) is 11.3. The monoisotopic (exact) mass is 346 g/mol. The van der Waals surface area contributed by atoms with Crippen LogP contribution in [-0.2, 0) is 4.74 Å². The molecule has 140 valence electrons. The first kappa shape index (κ1) is 23.3. The van der Waals surface area contributed by atoms with Crippen molar-refractivity contribution in [2.45, 2.75) is 102 Å². The molecule has 0 amide bonds. The molecule has 0 bridgehead atoms. The van der Waals surface area contributed by atoms with Crippen LogP contribution in [0.1, 0.15) is 96.8 Å². The van der Waals surface area contributed by atoms with Gasteiger partial charge in [0, 0.05) is 6.61 Å². The largest absolute Gasteiger partial charge is 0.395 e. The van der Waals surface area contributed by atoms with E-state index < -0.39 is 0 Å². The third-order valence-corrected chi connectivity index (χ3v) is 5.43. The molecular formula is C20H42O2S. The molecule has 0 aromatic carbocycles. The lowest BCUT2D eigenvalue weighted by Crippen LogP contribution is -2.16. The van der Waals surface area contributed by atoms with E-state index in [1.165, 1.54) is 89.9 Å². The van der Waals surface area contributed by atoms with Crippen molar-refractivity contribution in [1.29, 1.82) is 0 Å². The van der Waals surface area contributed by atoms with E-state index in [0.29, 0.717) is 6.61 Å². The number of hydrogen-bond acceptors (Lipinski definition) is 3. The Hall–Kier alpha value is 0.270. The Kier molecular flexibility index (Phi) is 20.6. The molecule has 0 unspecified atom stereocenters. The zero-order valence-electron chi connectivity index (χ0n) is 15.9. The van der Waals surface area contributed by atoms with Crippen molar-refractivity contribution in [2.75, 3.05) is 26.1 Å². The van der Waals surface area contributed by atoms with E-state index in [2.05, 4.69) is 6.92 Å². The van der Waals surface area contributed by atoms with Crippen molar-refractivity contribution in [3.63, 3.8) is 0 Å². The SMILES string of the molecule is CCCCCCCCCCCCCCCCOC[C@H](CO)SC. The smallest absolute Gasteiger partial charge is 0.0607 e. The Morgan fingerprint density at radius 2 is 1.17 bits per heavy atom. The topological polar surface area (TPSA) is 29.5 Å². The van der Waals surface area contributed by atoms with Crippen molar-refractivity contribution in [3.05, 3.63) is 0 Å². The van der Waals surface area contributed by atoms with Gasteiger partial charge in [-0.3, -0.25) is 0 Å². The number of unbranched alkanes of at least 4 members (excludes halogenated alkanes) is 13. The van der Waals surface area contributed by atoms with Gasteiger partial charge >= 0.3 is 0 Å². The summed E-state index contributed by atoms with van der Waals surface area (Å²) in [5, 5.41) is 9.30. The van der Waals surface area contributed by atoms with Crippen molar-refractivity contribution < 1.29 is 9.84 Å². The van der Waals surface area contributed by atoms with Crippen LogP contribution in [0.2, 0.25) is 0 Å². The van der Waals surface area contributed by atoms with Crippen LogP contribution < -0.4 is 0 Å². The quantitative estimate of drug-likeness (QED) is 0.282. The van der Waals surface area contributed by atoms with E-state index in [1.807, 2.05) is 6.26 Å². The average molecular weight is 347 g/mol. The lowest BCUT2D eigenvalue weighted by atomic mass is 10.0. The van der Waals surface area contributed by atoms with Crippen LogP contribution in [0.4, 0.5) is 0 Å². The van der Waals surface area contributed by atoms with Gasteiger partial charge in [-0.1, -0.05) is 90.4 Å². The summed E-state index contributed by atoms with van der Waals surface area (Å²) in [6, 6.07) is 0. The molecule has 0 aliphatic rings. The van der Waals surface area contributed by atoms with Crippen LogP contribution in [0.5, 0.6) is 0 Å². The zero-order valence-corrected chi connectivity index (χ0v) is 16.7. The second-order valence-corrected chi connectivity index (χ2v) is 7.85. The summed E-state index contributed by atoms with van der Waals surface area (Å²) in [6.45, 7) is 4.05. The molecule has 0 aromatic rings. The summed E-state index contributed by atoms with van der Waals surface area (Å²) < 4.78 is 5.60. The predicted octanol–water partition coefficient (Wildman–Crippen LogP) is 6.21. The molecule has 0 aliphatic heterocycles. The minimum Gasteiger partial charge on any atom is -0.395 e. The number of rotatable bonds is 19. The van der Waals surface area contributed by atoms with Gasteiger partial charge in [0.15, 0.2) is 0 Å². The summed E-state index contributed by atoms with van der Waals surface area (Å²) in [4.78, 5) is 0. The molecule has 2 nitrogen and oxygen atoms in total. The van der Waals surface area contributed by atoms with Crippen molar-refractivity contribution in [1.82, 2.24) is 0 Å². The molecule has 0 saturated carbocycles. The Bertz CT molecular complexity index is 208. The molecule has 0 aliphatic carbocycles. The number of thioether (sulfide) groups is 1. The van der Waals surface area contributed by atoms with Gasteiger partial charge in [0.2, 0.25) is 0 Å². The minimum absolute atomic E-state index is 0.222. The number of hydrogen-bond donors (Lipinski definition) is 1. The molecule has 1 atom stereocenters. The lowest BCUT2D eigenvalue weighted by molar-refractivity contribution is 0.117. The second kappa shape index (κ2) is 20.3. The molecule has 0 saturated heterocycles. The van der Waals surface area contributed by atoms with Gasteiger partial charge in [-0.15, -0.1) is 0 Å². The molecular weight excluding hydrogens is 304 g/mol. The highest BCUT2D eigenvalue weighted by molar-refractivity contribution is 7.99. The van der Waals surface area contributed by atoms with E-state index in [9.17, 15) is 0 Å². The normalized spacial score (nSPS) is 12.7. The van der Waals surface area contributed by atoms with E-state index >= 15 is 0 Å². The fourth-order valence-electron chi connectivity index (χ4n) is 2.81. The van der Waals surface area contributed by atoms with E-state index in [-0.39, 0.29) is 11.9 Å². The van der Waals surface area contributed by atoms with Gasteiger partial charge in [0.1, 0.15) is 0 Å². The first-order valence-electron chi connectivity index (χ1n) is 10.1. The summed E-state index contributed by atoms with van der Waals surface area (Å²) in [5.74, 6) is 0. The third-order valence-electron chi connectivity index (χ3n) is 4.48. The molecule has 0 rings (SSSR count). The first-order valence-corrected chi connectivity index (χ1v) is 11.3. The van der Waals surface area contributed by atoms with Crippen LogP contribution in [-0.4, -0.2) is 36.4 Å². The Balaban J connectivity index is 3.02. The summed E-state index contributed by atoms with van der Waals surface area (Å²) >= 11 is 1.68. The van der Waals surface area contributed by atoms with Gasteiger partial charge in [0.25, 0.3) is 0 Å². The van der Waals surface area contributed by atoms with Crippen LogP contribution in [0.25, 0.3) is 0 Å². The molecule has 1 N–H and O–H groups in total. The van der Waals surface area contributed by atoms with Crippen molar-refractivity contribution in [3.8, 4) is 0 Å². The summed E-state index contributed by atoms with van der Waals surface area (Å²) in [7, 11) is 0. The molecule has 0 heterocycles. The van der Waals surface area contributed by atoms with E-state index in [4.69, 9.17) is 9.84 Å². The van der Waals surface area contributed by atoms with Gasteiger partial charge in [-0.2, -0.15) is 11.8 Å². The standard InChI is InChI=1S/C20H42O2S/c1-3-4-5-6-7-8-9-10-11-12-13-14-15-16-17-22-19-20(18-21)23-2/h20-21H,3-19H2,1-2H3/t20-/m0/s1. The third kappa shape index (κ3) is 18.4. The Morgan fingerprint density at radius 3 is 1.57 bits per heavy atom. The molecule has 0 fully saturated rings. The van der Waals surface area contributed by atoms with Gasteiger partial charge in [-0.25, -0.2) is 0 Å². The molecule has 23 heavy (non-hydrogen) atoms. The van der Waals surface area contributed by atoms with Crippen molar-refractivity contribution in [2.24, 2.45) is 0 Å². The Morgan fingerprint density at radius 1 is 0.739 bits per heavy atom. The molecule has 0 radical (unpaired) electrons. The van der Waals surface area contributed by atoms with E-state index in [0.717, 1.165) is 6.61 Å². The maximum absolute atomic E-state index is 9.05. The summed E-state index contributed by atoms with van der Waals surface area (Å²) in [5.41, 5.74) is 0. The molecule has 3 heteroatoms. The number of ether oxygens (including phenoxy) is 1.